The van der Waals surface area contributed by atoms with Crippen LogP contribution in [-0.4, -0.2) is 59.7 Å². The second-order valence-electron chi connectivity index (χ2n) is 7.28. The number of benzene rings is 1. The molecule has 0 aromatic heterocycles. The molecule has 3 rings (SSSR count). The zero-order valence-electron chi connectivity index (χ0n) is 15.1. The number of nitrogens with zero attached hydrogens (tertiary/aromatic N) is 3. The number of rotatable bonds is 2. The van der Waals surface area contributed by atoms with Crippen molar-refractivity contribution in [3.05, 3.63) is 35.9 Å². The molecule has 1 N–H and O–H groups in total. The minimum Gasteiger partial charge on any atom is -0.444 e. The van der Waals surface area contributed by atoms with E-state index in [1.165, 1.54) is 5.56 Å². The molecular formula is C18H27IN4O2. The Labute approximate surface area is 166 Å². The van der Waals surface area contributed by atoms with Gasteiger partial charge in [0.1, 0.15) is 5.60 Å². The van der Waals surface area contributed by atoms with Gasteiger partial charge in [0.25, 0.3) is 0 Å². The molecule has 1 amide bonds. The quantitative estimate of drug-likeness (QED) is 0.693. The first-order valence-electron chi connectivity index (χ1n) is 8.49. The summed E-state index contributed by atoms with van der Waals surface area (Å²) in [4.78, 5) is 20.9. The van der Waals surface area contributed by atoms with Crippen LogP contribution in [0, 0.1) is 0 Å². The van der Waals surface area contributed by atoms with Crippen LogP contribution >= 0.6 is 24.0 Å². The third kappa shape index (κ3) is 5.23. The summed E-state index contributed by atoms with van der Waals surface area (Å²) < 4.78 is 5.47. The van der Waals surface area contributed by atoms with Gasteiger partial charge >= 0.3 is 6.09 Å². The van der Waals surface area contributed by atoms with Crippen LogP contribution in [0.3, 0.4) is 0 Å². The van der Waals surface area contributed by atoms with Gasteiger partial charge in [-0.1, -0.05) is 30.3 Å². The molecule has 2 aliphatic rings. The molecule has 1 unspecified atom stereocenters. The standard InChI is InChI=1S/C18H26N4O2.HI/c1-18(2,3)24-17(23)21-9-10-22-15(13-21)12-20-16(22)19-11-14-7-5-4-6-8-14;/h4-8,15H,9-13H2,1-3H3,(H,19,20);1H. The maximum Gasteiger partial charge on any atom is 0.410 e. The number of piperazine rings is 1. The van der Waals surface area contributed by atoms with E-state index in [1.54, 1.807) is 4.90 Å². The zero-order valence-corrected chi connectivity index (χ0v) is 17.4. The van der Waals surface area contributed by atoms with E-state index in [2.05, 4.69) is 27.3 Å². The number of hydrogen-bond donors (Lipinski definition) is 1. The summed E-state index contributed by atoms with van der Waals surface area (Å²) in [7, 11) is 0. The predicted octanol–water partition coefficient (Wildman–Crippen LogP) is 2.69. The molecule has 0 spiro atoms. The molecule has 7 heteroatoms. The number of fused-ring (bicyclic) bond motifs is 1. The van der Waals surface area contributed by atoms with Gasteiger partial charge in [0.05, 0.1) is 12.6 Å². The highest BCUT2D eigenvalue weighted by molar-refractivity contribution is 14.0. The lowest BCUT2D eigenvalue weighted by atomic mass is 10.2. The molecule has 1 fully saturated rings. The van der Waals surface area contributed by atoms with E-state index in [9.17, 15) is 4.79 Å². The number of amides is 1. The normalized spacial score (nSPS) is 19.6. The van der Waals surface area contributed by atoms with Crippen LogP contribution in [0.15, 0.2) is 35.3 Å². The van der Waals surface area contributed by atoms with E-state index in [0.29, 0.717) is 13.1 Å². The van der Waals surface area contributed by atoms with E-state index in [4.69, 9.17) is 4.74 Å². The van der Waals surface area contributed by atoms with Gasteiger partial charge in [0.15, 0.2) is 5.96 Å². The third-order valence-corrected chi connectivity index (χ3v) is 4.15. The fourth-order valence-electron chi connectivity index (χ4n) is 3.00. The van der Waals surface area contributed by atoms with Gasteiger partial charge in [-0.25, -0.2) is 4.79 Å². The molecule has 6 nitrogen and oxygen atoms in total. The lowest BCUT2D eigenvalue weighted by molar-refractivity contribution is 0.0137. The average molecular weight is 458 g/mol. The molecule has 138 valence electrons. The van der Waals surface area contributed by atoms with Gasteiger partial charge in [-0.05, 0) is 26.3 Å². The monoisotopic (exact) mass is 458 g/mol. The summed E-state index contributed by atoms with van der Waals surface area (Å²) in [5.41, 5.74) is 0.777. The topological polar surface area (TPSA) is 57.2 Å². The zero-order chi connectivity index (χ0) is 17.2. The Morgan fingerprint density at radius 2 is 2.00 bits per heavy atom. The van der Waals surface area contributed by atoms with Crippen molar-refractivity contribution in [2.24, 2.45) is 4.99 Å². The fourth-order valence-corrected chi connectivity index (χ4v) is 3.00. The van der Waals surface area contributed by atoms with E-state index in [0.717, 1.165) is 25.6 Å². The summed E-state index contributed by atoms with van der Waals surface area (Å²) in [5, 5.41) is 3.42. The van der Waals surface area contributed by atoms with E-state index in [-0.39, 0.29) is 36.1 Å². The number of carbonyl (C=O) groups is 1. The second-order valence-corrected chi connectivity index (χ2v) is 7.28. The van der Waals surface area contributed by atoms with Gasteiger partial charge in [-0.15, -0.1) is 24.0 Å². The summed E-state index contributed by atoms with van der Waals surface area (Å²) in [6, 6.07) is 10.5. The Hall–Kier alpha value is -1.51. The lowest BCUT2D eigenvalue weighted by Gasteiger charge is -2.39. The summed E-state index contributed by atoms with van der Waals surface area (Å²) >= 11 is 0. The first kappa shape index (κ1) is 19.8. The van der Waals surface area contributed by atoms with Gasteiger partial charge < -0.3 is 19.9 Å². The van der Waals surface area contributed by atoms with Crippen LogP contribution in [0.1, 0.15) is 26.3 Å². The van der Waals surface area contributed by atoms with E-state index >= 15 is 0 Å². The van der Waals surface area contributed by atoms with Crippen molar-refractivity contribution >= 4 is 36.0 Å². The molecular weight excluding hydrogens is 431 g/mol. The number of aliphatic imine (C=N–C) groups is 1. The molecule has 0 aliphatic carbocycles. The summed E-state index contributed by atoms with van der Waals surface area (Å²) in [5.74, 6) is 0.938. The fraction of sp³-hybridized carbons (Fsp3) is 0.556. The number of ether oxygens (including phenoxy) is 1. The maximum absolute atomic E-state index is 12.2. The van der Waals surface area contributed by atoms with Gasteiger partial charge in [-0.3, -0.25) is 4.99 Å². The first-order chi connectivity index (χ1) is 11.4. The number of halogens is 1. The molecule has 1 aromatic carbocycles. The molecule has 0 bridgehead atoms. The van der Waals surface area contributed by atoms with Crippen molar-refractivity contribution in [1.29, 1.82) is 0 Å². The largest absolute Gasteiger partial charge is 0.444 e. The highest BCUT2D eigenvalue weighted by Gasteiger charge is 2.36. The minimum atomic E-state index is -0.456. The Morgan fingerprint density at radius 3 is 2.68 bits per heavy atom. The van der Waals surface area contributed by atoms with Crippen LogP contribution < -0.4 is 5.32 Å². The number of carbonyl (C=O) groups excluding carboxylic acids is 1. The second kappa shape index (κ2) is 8.25. The van der Waals surface area contributed by atoms with E-state index in [1.807, 2.05) is 39.0 Å². The summed E-state index contributed by atoms with van der Waals surface area (Å²) in [6.07, 6.45) is -0.229. The van der Waals surface area contributed by atoms with Crippen molar-refractivity contribution in [1.82, 2.24) is 15.1 Å². The summed E-state index contributed by atoms with van der Waals surface area (Å²) in [6.45, 7) is 9.27. The van der Waals surface area contributed by atoms with Crippen molar-refractivity contribution < 1.29 is 9.53 Å². The molecule has 0 saturated carbocycles. The average Bonchev–Trinajstić information content (AvgIpc) is 2.94. The Morgan fingerprint density at radius 1 is 1.28 bits per heavy atom. The Kier molecular flexibility index (Phi) is 6.53. The van der Waals surface area contributed by atoms with E-state index < -0.39 is 5.60 Å². The maximum atomic E-state index is 12.2. The first-order valence-corrected chi connectivity index (χ1v) is 8.49. The minimum absolute atomic E-state index is 0. The SMILES string of the molecule is CC(C)(C)OC(=O)N1CCN2C(NCc3ccccc3)=NCC2C1.I. The van der Waals surface area contributed by atoms with Crippen LogP contribution in [0.4, 0.5) is 4.79 Å². The van der Waals surface area contributed by atoms with Gasteiger partial charge in [0.2, 0.25) is 0 Å². The number of guanidine groups is 1. The molecule has 2 aliphatic heterocycles. The number of hydrogen-bond acceptors (Lipinski definition) is 5. The van der Waals surface area contributed by atoms with Gasteiger partial charge in [-0.2, -0.15) is 0 Å². The van der Waals surface area contributed by atoms with Crippen LogP contribution in [0.25, 0.3) is 0 Å². The van der Waals surface area contributed by atoms with Crippen molar-refractivity contribution in [3.63, 3.8) is 0 Å². The molecule has 2 heterocycles. The smallest absolute Gasteiger partial charge is 0.410 e. The number of nitrogens with one attached hydrogen (secondary N) is 1. The molecule has 1 atom stereocenters. The van der Waals surface area contributed by atoms with Crippen LogP contribution in [0.2, 0.25) is 0 Å². The van der Waals surface area contributed by atoms with Crippen molar-refractivity contribution in [3.8, 4) is 0 Å². The molecule has 0 radical (unpaired) electrons. The van der Waals surface area contributed by atoms with Crippen LogP contribution in [0.5, 0.6) is 0 Å². The highest BCUT2D eigenvalue weighted by atomic mass is 127. The Bertz CT molecular complexity index is 615. The van der Waals surface area contributed by atoms with Crippen molar-refractivity contribution in [2.45, 2.75) is 39.0 Å². The van der Waals surface area contributed by atoms with Crippen molar-refractivity contribution in [2.75, 3.05) is 26.2 Å². The Balaban J connectivity index is 0.00000225. The third-order valence-electron chi connectivity index (χ3n) is 4.15. The van der Waals surface area contributed by atoms with Crippen LogP contribution in [-0.2, 0) is 11.3 Å². The lowest BCUT2D eigenvalue weighted by Crippen LogP contribution is -2.57. The predicted molar refractivity (Wildman–Crippen MR) is 109 cm³/mol. The molecule has 1 aromatic rings. The van der Waals surface area contributed by atoms with Gasteiger partial charge in [0, 0.05) is 26.2 Å². The highest BCUT2D eigenvalue weighted by Crippen LogP contribution is 2.18. The molecule has 1 saturated heterocycles. The molecule has 25 heavy (non-hydrogen) atoms.